The molecule has 0 aliphatic rings. The second-order valence-electron chi connectivity index (χ2n) is 3.30. The fraction of sp³-hybridized carbons (Fsp3) is 0.111. The van der Waals surface area contributed by atoms with Crippen molar-refractivity contribution in [1.82, 2.24) is 20.0 Å². The number of aromatic nitrogens is 4. The number of carbonyl (C=O) groups is 1. The van der Waals surface area contributed by atoms with Gasteiger partial charge in [-0.3, -0.25) is 9.48 Å². The highest BCUT2D eigenvalue weighted by atomic mass is 35.5. The van der Waals surface area contributed by atoms with Crippen LogP contribution in [0.2, 0.25) is 5.15 Å². The molecule has 88 valence electrons. The minimum atomic E-state index is -0.445. The Labute approximate surface area is 102 Å². The van der Waals surface area contributed by atoms with Gasteiger partial charge in [0.25, 0.3) is 5.91 Å². The highest BCUT2D eigenvalue weighted by molar-refractivity contribution is 6.29. The fourth-order valence-electron chi connectivity index (χ4n) is 1.24. The average Bonchev–Trinajstić information content (AvgIpc) is 2.61. The summed E-state index contributed by atoms with van der Waals surface area (Å²) in [7, 11) is 1.68. The van der Waals surface area contributed by atoms with Gasteiger partial charge in [0.05, 0.1) is 5.69 Å². The van der Waals surface area contributed by atoms with Gasteiger partial charge in [-0.05, 0) is 12.1 Å². The third-order valence-corrected chi connectivity index (χ3v) is 2.15. The predicted molar refractivity (Wildman–Crippen MR) is 62.6 cm³/mol. The Morgan fingerprint density at radius 3 is 2.76 bits per heavy atom. The van der Waals surface area contributed by atoms with Crippen molar-refractivity contribution >= 4 is 29.0 Å². The molecule has 0 saturated carbocycles. The van der Waals surface area contributed by atoms with E-state index in [4.69, 9.17) is 17.3 Å². The minimum Gasteiger partial charge on any atom is -0.396 e. The number of nitrogens with one attached hydrogen (secondary N) is 1. The summed E-state index contributed by atoms with van der Waals surface area (Å²) >= 11 is 5.57. The second-order valence-corrected chi connectivity index (χ2v) is 3.69. The largest absolute Gasteiger partial charge is 0.396 e. The van der Waals surface area contributed by atoms with E-state index in [1.165, 1.54) is 16.8 Å². The molecular formula is C9H9ClN6O. The third-order valence-electron chi connectivity index (χ3n) is 1.95. The summed E-state index contributed by atoms with van der Waals surface area (Å²) in [6, 6.07) is 3.05. The molecule has 0 spiro atoms. The molecule has 2 heterocycles. The van der Waals surface area contributed by atoms with Crippen LogP contribution in [0, 0.1) is 0 Å². The fourth-order valence-corrected chi connectivity index (χ4v) is 1.34. The zero-order chi connectivity index (χ0) is 12.4. The molecule has 0 aliphatic heterocycles. The molecule has 0 radical (unpaired) electrons. The van der Waals surface area contributed by atoms with E-state index in [-0.39, 0.29) is 16.7 Å². The number of amides is 1. The van der Waals surface area contributed by atoms with E-state index in [0.717, 1.165) is 0 Å². The number of hydrogen-bond donors (Lipinski definition) is 2. The van der Waals surface area contributed by atoms with E-state index in [1.807, 2.05) is 0 Å². The van der Waals surface area contributed by atoms with Crippen molar-refractivity contribution in [2.45, 2.75) is 0 Å². The molecule has 2 aromatic heterocycles. The topological polar surface area (TPSA) is 98.7 Å². The lowest BCUT2D eigenvalue weighted by molar-refractivity contribution is 0.102. The zero-order valence-corrected chi connectivity index (χ0v) is 9.64. The molecule has 0 fully saturated rings. The van der Waals surface area contributed by atoms with Crippen LogP contribution in [0.3, 0.4) is 0 Å². The summed E-state index contributed by atoms with van der Waals surface area (Å²) in [6.45, 7) is 0. The lowest BCUT2D eigenvalue weighted by Gasteiger charge is -2.01. The first kappa shape index (κ1) is 11.3. The molecule has 0 aromatic carbocycles. The van der Waals surface area contributed by atoms with Crippen LogP contribution in [-0.2, 0) is 7.05 Å². The SMILES string of the molecule is Cn1cc(N)c(C(=O)Nc2ccc(Cl)nn2)n1. The molecule has 0 bridgehead atoms. The normalized spacial score (nSPS) is 10.2. The zero-order valence-electron chi connectivity index (χ0n) is 8.88. The molecule has 1 amide bonds. The van der Waals surface area contributed by atoms with Crippen LogP contribution in [0.4, 0.5) is 11.5 Å². The molecule has 7 nitrogen and oxygen atoms in total. The Morgan fingerprint density at radius 1 is 1.47 bits per heavy atom. The van der Waals surface area contributed by atoms with Gasteiger partial charge >= 0.3 is 0 Å². The van der Waals surface area contributed by atoms with E-state index < -0.39 is 5.91 Å². The number of halogens is 1. The first-order chi connectivity index (χ1) is 8.06. The van der Waals surface area contributed by atoms with Gasteiger partial charge in [-0.1, -0.05) is 11.6 Å². The Hall–Kier alpha value is -2.15. The summed E-state index contributed by atoms with van der Waals surface area (Å²) in [5.74, 6) is -0.163. The van der Waals surface area contributed by atoms with E-state index in [9.17, 15) is 4.79 Å². The first-order valence-corrected chi connectivity index (χ1v) is 5.04. The maximum Gasteiger partial charge on any atom is 0.279 e. The van der Waals surface area contributed by atoms with Crippen LogP contribution in [0.25, 0.3) is 0 Å². The van der Waals surface area contributed by atoms with Crippen molar-refractivity contribution in [3.8, 4) is 0 Å². The Kier molecular flexibility index (Phi) is 2.92. The average molecular weight is 253 g/mol. The summed E-state index contributed by atoms with van der Waals surface area (Å²) in [6.07, 6.45) is 1.54. The number of rotatable bonds is 2. The van der Waals surface area contributed by atoms with Gasteiger partial charge in [-0.15, -0.1) is 10.2 Å². The molecule has 0 saturated heterocycles. The molecular weight excluding hydrogens is 244 g/mol. The van der Waals surface area contributed by atoms with E-state index >= 15 is 0 Å². The summed E-state index contributed by atoms with van der Waals surface area (Å²) in [4.78, 5) is 11.8. The standard InChI is InChI=1S/C9H9ClN6O/c1-16-4-5(11)8(15-16)9(17)12-7-3-2-6(10)13-14-7/h2-4H,11H2,1H3,(H,12,14,17). The molecule has 17 heavy (non-hydrogen) atoms. The van der Waals surface area contributed by atoms with E-state index in [0.29, 0.717) is 5.69 Å². The second kappa shape index (κ2) is 4.38. The summed E-state index contributed by atoms with van der Waals surface area (Å²) < 4.78 is 1.46. The van der Waals surface area contributed by atoms with Crippen molar-refractivity contribution in [2.24, 2.45) is 7.05 Å². The van der Waals surface area contributed by atoms with E-state index in [1.54, 1.807) is 13.2 Å². The molecule has 2 aromatic rings. The van der Waals surface area contributed by atoms with E-state index in [2.05, 4.69) is 20.6 Å². The molecule has 2 rings (SSSR count). The number of nitrogens with two attached hydrogens (primary N) is 1. The van der Waals surface area contributed by atoms with Gasteiger partial charge < -0.3 is 11.1 Å². The maximum absolute atomic E-state index is 11.8. The van der Waals surface area contributed by atoms with Crippen molar-refractivity contribution in [3.05, 3.63) is 29.2 Å². The number of carbonyl (C=O) groups excluding carboxylic acids is 1. The first-order valence-electron chi connectivity index (χ1n) is 4.66. The Morgan fingerprint density at radius 2 is 2.24 bits per heavy atom. The summed E-state index contributed by atoms with van der Waals surface area (Å²) in [5, 5.41) is 14.0. The smallest absolute Gasteiger partial charge is 0.279 e. The van der Waals surface area contributed by atoms with Crippen molar-refractivity contribution in [2.75, 3.05) is 11.1 Å². The van der Waals surface area contributed by atoms with Crippen LogP contribution in [0.15, 0.2) is 18.3 Å². The van der Waals surface area contributed by atoms with Gasteiger partial charge in [0, 0.05) is 13.2 Å². The number of anilines is 2. The lowest BCUT2D eigenvalue weighted by Crippen LogP contribution is -2.15. The Balaban J connectivity index is 2.17. The molecule has 8 heteroatoms. The van der Waals surface area contributed by atoms with Crippen LogP contribution in [-0.4, -0.2) is 25.9 Å². The van der Waals surface area contributed by atoms with Crippen LogP contribution in [0.5, 0.6) is 0 Å². The molecule has 0 atom stereocenters. The van der Waals surface area contributed by atoms with Gasteiger partial charge in [-0.25, -0.2) is 0 Å². The van der Waals surface area contributed by atoms with Gasteiger partial charge in [-0.2, -0.15) is 5.10 Å². The minimum absolute atomic E-state index is 0.143. The Bertz CT molecular complexity index is 549. The van der Waals surface area contributed by atoms with Crippen molar-refractivity contribution in [3.63, 3.8) is 0 Å². The van der Waals surface area contributed by atoms with Crippen LogP contribution < -0.4 is 11.1 Å². The van der Waals surface area contributed by atoms with Crippen molar-refractivity contribution < 1.29 is 4.79 Å². The number of aryl methyl sites for hydroxylation is 1. The van der Waals surface area contributed by atoms with Gasteiger partial charge in [0.15, 0.2) is 16.7 Å². The molecule has 0 aliphatic carbocycles. The van der Waals surface area contributed by atoms with Gasteiger partial charge in [0.1, 0.15) is 0 Å². The number of nitrogens with zero attached hydrogens (tertiary/aromatic N) is 4. The highest BCUT2D eigenvalue weighted by Gasteiger charge is 2.14. The van der Waals surface area contributed by atoms with Crippen molar-refractivity contribution in [1.29, 1.82) is 0 Å². The third kappa shape index (κ3) is 2.51. The highest BCUT2D eigenvalue weighted by Crippen LogP contribution is 2.11. The van der Waals surface area contributed by atoms with Gasteiger partial charge in [0.2, 0.25) is 0 Å². The molecule has 0 unspecified atom stereocenters. The number of nitrogen functional groups attached to an aromatic ring is 1. The van der Waals surface area contributed by atoms with Crippen LogP contribution >= 0.6 is 11.6 Å². The maximum atomic E-state index is 11.8. The number of hydrogen-bond acceptors (Lipinski definition) is 5. The monoisotopic (exact) mass is 252 g/mol. The predicted octanol–water partition coefficient (Wildman–Crippen LogP) is 0.698. The van der Waals surface area contributed by atoms with Crippen LogP contribution in [0.1, 0.15) is 10.5 Å². The molecule has 3 N–H and O–H groups in total. The summed E-state index contributed by atoms with van der Waals surface area (Å²) in [5.41, 5.74) is 6.06. The lowest BCUT2D eigenvalue weighted by atomic mass is 10.3. The quantitative estimate of drug-likeness (QED) is 0.820.